The summed E-state index contributed by atoms with van der Waals surface area (Å²) in [7, 11) is 0. The Kier molecular flexibility index (Phi) is 4.10. The summed E-state index contributed by atoms with van der Waals surface area (Å²) in [6.07, 6.45) is 5.47. The molecule has 1 aromatic rings. The number of hydrogen-bond acceptors (Lipinski definition) is 2. The van der Waals surface area contributed by atoms with Crippen LogP contribution in [0.15, 0.2) is 29.8 Å². The predicted molar refractivity (Wildman–Crippen MR) is 69.1 cm³/mol. The number of rotatable bonds is 2. The highest BCUT2D eigenvalue weighted by atomic mass is 16.5. The van der Waals surface area contributed by atoms with Gasteiger partial charge in [-0.15, -0.1) is 0 Å². The van der Waals surface area contributed by atoms with Crippen LogP contribution >= 0.6 is 0 Å². The van der Waals surface area contributed by atoms with E-state index in [1.165, 1.54) is 11.1 Å². The zero-order valence-electron chi connectivity index (χ0n) is 10.2. The van der Waals surface area contributed by atoms with Gasteiger partial charge in [0, 0.05) is 12.2 Å². The van der Waals surface area contributed by atoms with Crippen molar-refractivity contribution in [3.8, 4) is 0 Å². The fourth-order valence-electron chi connectivity index (χ4n) is 2.03. The third-order valence-corrected chi connectivity index (χ3v) is 3.04. The molecule has 90 valence electrons. The first-order chi connectivity index (χ1) is 8.25. The van der Waals surface area contributed by atoms with Crippen molar-refractivity contribution in [1.29, 1.82) is 0 Å². The first kappa shape index (κ1) is 12.1. The van der Waals surface area contributed by atoms with Crippen molar-refractivity contribution in [1.82, 2.24) is 0 Å². The van der Waals surface area contributed by atoms with Gasteiger partial charge in [-0.05, 0) is 31.7 Å². The van der Waals surface area contributed by atoms with E-state index in [0.29, 0.717) is 0 Å². The fraction of sp³-hybridized carbons (Fsp3) is 0.400. The molecule has 0 unspecified atom stereocenters. The van der Waals surface area contributed by atoms with E-state index in [4.69, 9.17) is 4.74 Å². The van der Waals surface area contributed by atoms with Gasteiger partial charge in [-0.2, -0.15) is 0 Å². The summed E-state index contributed by atoms with van der Waals surface area (Å²) in [5.74, 6) is 0.118. The van der Waals surface area contributed by atoms with Gasteiger partial charge in [-0.3, -0.25) is 4.79 Å². The molecule has 1 heterocycles. The van der Waals surface area contributed by atoms with Gasteiger partial charge < -0.3 is 4.74 Å². The maximum absolute atomic E-state index is 11.2. The molecule has 0 N–H and O–H groups in total. The highest BCUT2D eigenvalue weighted by Gasteiger charge is 2.04. The normalized spacial score (nSPS) is 19.0. The van der Waals surface area contributed by atoms with Gasteiger partial charge in [0.05, 0.1) is 6.61 Å². The topological polar surface area (TPSA) is 26.3 Å². The third kappa shape index (κ3) is 3.53. The summed E-state index contributed by atoms with van der Waals surface area (Å²) in [6, 6.07) is 7.80. The Hall–Kier alpha value is -1.41. The van der Waals surface area contributed by atoms with Gasteiger partial charge in [-0.25, -0.2) is 0 Å². The number of ketones is 1. The second-order valence-corrected chi connectivity index (χ2v) is 4.45. The molecule has 0 aromatic heterocycles. The first-order valence-corrected chi connectivity index (χ1v) is 6.14. The summed E-state index contributed by atoms with van der Waals surface area (Å²) < 4.78 is 5.43. The lowest BCUT2D eigenvalue weighted by Gasteiger charge is -2.02. The van der Waals surface area contributed by atoms with Crippen molar-refractivity contribution in [2.75, 3.05) is 13.2 Å². The van der Waals surface area contributed by atoms with Crippen molar-refractivity contribution in [2.24, 2.45) is 0 Å². The smallest absolute Gasteiger partial charge is 0.159 e. The van der Waals surface area contributed by atoms with E-state index >= 15 is 0 Å². The maximum atomic E-state index is 11.2. The highest BCUT2D eigenvalue weighted by Crippen LogP contribution is 2.18. The van der Waals surface area contributed by atoms with E-state index < -0.39 is 0 Å². The van der Waals surface area contributed by atoms with Gasteiger partial charge in [-0.1, -0.05) is 35.9 Å². The van der Waals surface area contributed by atoms with Crippen LogP contribution in [0.5, 0.6) is 0 Å². The number of hydrogen-bond donors (Lipinski definition) is 0. The minimum atomic E-state index is 0.118. The lowest BCUT2D eigenvalue weighted by molar-refractivity contribution is 0.101. The zero-order valence-corrected chi connectivity index (χ0v) is 10.2. The second kappa shape index (κ2) is 5.78. The van der Waals surface area contributed by atoms with E-state index in [2.05, 4.69) is 6.08 Å². The summed E-state index contributed by atoms with van der Waals surface area (Å²) >= 11 is 0. The van der Waals surface area contributed by atoms with Crippen LogP contribution in [0.25, 0.3) is 6.08 Å². The fourth-order valence-corrected chi connectivity index (χ4v) is 2.03. The summed E-state index contributed by atoms with van der Waals surface area (Å²) in [6.45, 7) is 3.30. The van der Waals surface area contributed by atoms with Crippen molar-refractivity contribution in [3.63, 3.8) is 0 Å². The Morgan fingerprint density at radius 3 is 2.65 bits per heavy atom. The Bertz CT molecular complexity index is 405. The SMILES string of the molecule is CC(=O)c1ccc(/C=C2/CCCOCC2)cc1. The second-order valence-electron chi connectivity index (χ2n) is 4.45. The molecule has 0 atom stereocenters. The van der Waals surface area contributed by atoms with Crippen molar-refractivity contribution >= 4 is 11.9 Å². The van der Waals surface area contributed by atoms with Crippen LogP contribution in [0.2, 0.25) is 0 Å². The average molecular weight is 230 g/mol. The molecule has 0 bridgehead atoms. The largest absolute Gasteiger partial charge is 0.381 e. The molecule has 1 aliphatic heterocycles. The number of benzene rings is 1. The molecule has 0 radical (unpaired) electrons. The molecule has 2 rings (SSSR count). The van der Waals surface area contributed by atoms with Crippen LogP contribution in [-0.4, -0.2) is 19.0 Å². The van der Waals surface area contributed by atoms with E-state index in [1.807, 2.05) is 24.3 Å². The number of carbonyl (C=O) groups is 1. The maximum Gasteiger partial charge on any atom is 0.159 e. The van der Waals surface area contributed by atoms with Gasteiger partial charge in [0.25, 0.3) is 0 Å². The van der Waals surface area contributed by atoms with Crippen molar-refractivity contribution in [2.45, 2.75) is 26.2 Å². The lowest BCUT2D eigenvalue weighted by Crippen LogP contribution is -1.91. The van der Waals surface area contributed by atoms with Gasteiger partial charge in [0.1, 0.15) is 0 Å². The molecular weight excluding hydrogens is 212 g/mol. The minimum absolute atomic E-state index is 0.118. The van der Waals surface area contributed by atoms with E-state index in [0.717, 1.165) is 38.0 Å². The van der Waals surface area contributed by atoms with E-state index in [-0.39, 0.29) is 5.78 Å². The van der Waals surface area contributed by atoms with Crippen molar-refractivity contribution < 1.29 is 9.53 Å². The van der Waals surface area contributed by atoms with Crippen LogP contribution in [0.1, 0.15) is 42.1 Å². The standard InChI is InChI=1S/C15H18O2/c1-12(16)15-6-4-14(5-7-15)11-13-3-2-9-17-10-8-13/h4-7,11H,2-3,8-10H2,1H3/b13-11-. The first-order valence-electron chi connectivity index (χ1n) is 6.14. The summed E-state index contributed by atoms with van der Waals surface area (Å²) in [4.78, 5) is 11.2. The molecule has 0 spiro atoms. The summed E-state index contributed by atoms with van der Waals surface area (Å²) in [5.41, 5.74) is 3.39. The van der Waals surface area contributed by atoms with Gasteiger partial charge in [0.15, 0.2) is 5.78 Å². The third-order valence-electron chi connectivity index (χ3n) is 3.04. The number of Topliss-reactive ketones (excluding diaryl/α,β-unsaturated/α-hetero) is 1. The molecule has 0 aliphatic carbocycles. The average Bonchev–Trinajstić information content (AvgIpc) is 2.58. The monoisotopic (exact) mass is 230 g/mol. The molecule has 1 saturated heterocycles. The lowest BCUT2D eigenvalue weighted by atomic mass is 10.0. The van der Waals surface area contributed by atoms with E-state index in [1.54, 1.807) is 6.92 Å². The molecule has 2 heteroatoms. The molecule has 2 nitrogen and oxygen atoms in total. The molecule has 0 saturated carbocycles. The molecule has 17 heavy (non-hydrogen) atoms. The van der Waals surface area contributed by atoms with Gasteiger partial charge in [0.2, 0.25) is 0 Å². The Morgan fingerprint density at radius 2 is 1.94 bits per heavy atom. The zero-order chi connectivity index (χ0) is 12.1. The van der Waals surface area contributed by atoms with Crippen molar-refractivity contribution in [3.05, 3.63) is 41.0 Å². The molecule has 1 aliphatic rings. The molecule has 0 amide bonds. The predicted octanol–water partition coefficient (Wildman–Crippen LogP) is 3.47. The Morgan fingerprint density at radius 1 is 1.18 bits per heavy atom. The molecule has 1 aromatic carbocycles. The quantitative estimate of drug-likeness (QED) is 0.727. The van der Waals surface area contributed by atoms with Crippen LogP contribution in [-0.2, 0) is 4.74 Å². The van der Waals surface area contributed by atoms with Gasteiger partial charge >= 0.3 is 0 Å². The molecule has 1 fully saturated rings. The van der Waals surface area contributed by atoms with Crippen LogP contribution in [0.4, 0.5) is 0 Å². The van der Waals surface area contributed by atoms with Crippen LogP contribution < -0.4 is 0 Å². The Labute approximate surface area is 102 Å². The van der Waals surface area contributed by atoms with E-state index in [9.17, 15) is 4.79 Å². The van der Waals surface area contributed by atoms with Crippen LogP contribution in [0, 0.1) is 0 Å². The summed E-state index contributed by atoms with van der Waals surface area (Å²) in [5, 5.41) is 0. The minimum Gasteiger partial charge on any atom is -0.381 e. The van der Waals surface area contributed by atoms with Crippen LogP contribution in [0.3, 0.4) is 0 Å². The number of carbonyl (C=O) groups excluding carboxylic acids is 1. The highest BCUT2D eigenvalue weighted by molar-refractivity contribution is 5.94. The molecular formula is C15H18O2. The number of ether oxygens (including phenoxy) is 1. The Balaban J connectivity index is 2.11.